The number of nitrogens with two attached hydrogens (primary N) is 1. The molecule has 0 fully saturated rings. The molecule has 0 spiro atoms. The van der Waals surface area contributed by atoms with Gasteiger partial charge in [0.15, 0.2) is 6.61 Å². The van der Waals surface area contributed by atoms with Gasteiger partial charge in [-0.2, -0.15) is 0 Å². The van der Waals surface area contributed by atoms with Crippen molar-refractivity contribution in [3.63, 3.8) is 0 Å². The summed E-state index contributed by atoms with van der Waals surface area (Å²) in [7, 11) is 0. The molecule has 0 amide bonds. The van der Waals surface area contributed by atoms with E-state index in [1.165, 1.54) is 0 Å². The maximum atomic E-state index is 11.3. The van der Waals surface area contributed by atoms with Gasteiger partial charge in [-0.1, -0.05) is 24.0 Å². The summed E-state index contributed by atoms with van der Waals surface area (Å²) in [6.07, 6.45) is 0. The van der Waals surface area contributed by atoms with E-state index in [4.69, 9.17) is 15.2 Å². The first kappa shape index (κ1) is 15.5. The van der Waals surface area contributed by atoms with E-state index in [0.29, 0.717) is 23.6 Å². The van der Waals surface area contributed by atoms with E-state index in [2.05, 4.69) is 11.8 Å². The highest BCUT2D eigenvalue weighted by Crippen LogP contribution is 2.17. The van der Waals surface area contributed by atoms with E-state index >= 15 is 0 Å². The minimum Gasteiger partial charge on any atom is -0.481 e. The fraction of sp³-hybridized carbons (Fsp3) is 0.167. The SMILES string of the molecule is CCOC(=O)COc1ccccc1C#Cc1ccc(N)cc1. The van der Waals surface area contributed by atoms with Crippen LogP contribution in [0.4, 0.5) is 5.69 Å². The fourth-order valence-corrected chi connectivity index (χ4v) is 1.74. The third-order valence-electron chi connectivity index (χ3n) is 2.79. The molecule has 0 heterocycles. The molecule has 0 saturated carbocycles. The topological polar surface area (TPSA) is 61.5 Å². The van der Waals surface area contributed by atoms with Crippen molar-refractivity contribution in [3.05, 3.63) is 59.7 Å². The number of ether oxygens (including phenoxy) is 2. The Morgan fingerprint density at radius 2 is 1.82 bits per heavy atom. The normalized spacial score (nSPS) is 9.50. The van der Waals surface area contributed by atoms with Gasteiger partial charge < -0.3 is 15.2 Å². The van der Waals surface area contributed by atoms with Crippen molar-refractivity contribution < 1.29 is 14.3 Å². The van der Waals surface area contributed by atoms with Crippen LogP contribution in [0, 0.1) is 11.8 Å². The van der Waals surface area contributed by atoms with Crippen LogP contribution >= 0.6 is 0 Å². The van der Waals surface area contributed by atoms with E-state index in [1.54, 1.807) is 25.1 Å². The monoisotopic (exact) mass is 295 g/mol. The maximum absolute atomic E-state index is 11.3. The second-order valence-corrected chi connectivity index (χ2v) is 4.46. The standard InChI is InChI=1S/C18H17NO3/c1-2-21-18(20)13-22-17-6-4-3-5-15(17)10-7-14-8-11-16(19)12-9-14/h3-6,8-9,11-12H,2,13,19H2,1H3. The van der Waals surface area contributed by atoms with Crippen molar-refractivity contribution in [3.8, 4) is 17.6 Å². The number of hydrogen-bond acceptors (Lipinski definition) is 4. The molecule has 0 atom stereocenters. The lowest BCUT2D eigenvalue weighted by molar-refractivity contribution is -0.145. The van der Waals surface area contributed by atoms with Crippen molar-refractivity contribution in [2.24, 2.45) is 0 Å². The summed E-state index contributed by atoms with van der Waals surface area (Å²) in [5, 5.41) is 0. The van der Waals surface area contributed by atoms with Crippen LogP contribution in [-0.4, -0.2) is 19.2 Å². The molecule has 112 valence electrons. The summed E-state index contributed by atoms with van der Waals surface area (Å²) in [6, 6.07) is 14.6. The van der Waals surface area contributed by atoms with Crippen molar-refractivity contribution in [2.45, 2.75) is 6.92 Å². The van der Waals surface area contributed by atoms with Crippen LogP contribution in [0.25, 0.3) is 0 Å². The summed E-state index contributed by atoms with van der Waals surface area (Å²) in [5.74, 6) is 6.23. The lowest BCUT2D eigenvalue weighted by atomic mass is 10.1. The van der Waals surface area contributed by atoms with Gasteiger partial charge in [-0.15, -0.1) is 0 Å². The van der Waals surface area contributed by atoms with E-state index in [0.717, 1.165) is 5.56 Å². The summed E-state index contributed by atoms with van der Waals surface area (Å²) in [4.78, 5) is 11.3. The van der Waals surface area contributed by atoms with Gasteiger partial charge in [0.2, 0.25) is 0 Å². The summed E-state index contributed by atoms with van der Waals surface area (Å²) >= 11 is 0. The number of carbonyl (C=O) groups excluding carboxylic acids is 1. The Hall–Kier alpha value is -2.93. The van der Waals surface area contributed by atoms with E-state index in [1.807, 2.05) is 30.3 Å². The molecule has 0 aliphatic rings. The zero-order chi connectivity index (χ0) is 15.8. The number of benzene rings is 2. The van der Waals surface area contributed by atoms with Crippen LogP contribution in [-0.2, 0) is 9.53 Å². The second-order valence-electron chi connectivity index (χ2n) is 4.46. The number of carbonyl (C=O) groups is 1. The van der Waals surface area contributed by atoms with Gasteiger partial charge >= 0.3 is 5.97 Å². The quantitative estimate of drug-likeness (QED) is 0.535. The highest BCUT2D eigenvalue weighted by Gasteiger charge is 2.05. The van der Waals surface area contributed by atoms with Crippen molar-refractivity contribution in [1.82, 2.24) is 0 Å². The zero-order valence-electron chi connectivity index (χ0n) is 12.3. The summed E-state index contributed by atoms with van der Waals surface area (Å²) < 4.78 is 10.3. The molecule has 4 heteroatoms. The van der Waals surface area contributed by atoms with E-state index in [9.17, 15) is 4.79 Å². The highest BCUT2D eigenvalue weighted by atomic mass is 16.6. The van der Waals surface area contributed by atoms with Gasteiger partial charge in [0, 0.05) is 11.3 Å². The van der Waals surface area contributed by atoms with Crippen LogP contribution < -0.4 is 10.5 Å². The van der Waals surface area contributed by atoms with Gasteiger partial charge in [0.05, 0.1) is 12.2 Å². The summed E-state index contributed by atoms with van der Waals surface area (Å²) in [6.45, 7) is 1.96. The highest BCUT2D eigenvalue weighted by molar-refractivity contribution is 5.71. The molecule has 0 saturated heterocycles. The average molecular weight is 295 g/mol. The number of rotatable bonds is 4. The Morgan fingerprint density at radius 1 is 1.09 bits per heavy atom. The van der Waals surface area contributed by atoms with Gasteiger partial charge in [0.25, 0.3) is 0 Å². The second kappa shape index (κ2) is 7.75. The zero-order valence-corrected chi connectivity index (χ0v) is 12.3. The third kappa shape index (κ3) is 4.57. The first-order valence-corrected chi connectivity index (χ1v) is 6.94. The number of esters is 1. The molecule has 2 aromatic carbocycles. The lowest BCUT2D eigenvalue weighted by Crippen LogP contribution is -2.14. The van der Waals surface area contributed by atoms with E-state index in [-0.39, 0.29) is 6.61 Å². The maximum Gasteiger partial charge on any atom is 0.344 e. The molecule has 2 rings (SSSR count). The molecule has 2 aromatic rings. The molecule has 2 N–H and O–H groups in total. The smallest absolute Gasteiger partial charge is 0.344 e. The van der Waals surface area contributed by atoms with Crippen LogP contribution in [0.15, 0.2) is 48.5 Å². The molecule has 0 unspecified atom stereocenters. The Bertz CT molecular complexity index is 696. The minimum absolute atomic E-state index is 0.131. The molecular formula is C18H17NO3. The lowest BCUT2D eigenvalue weighted by Gasteiger charge is -2.07. The van der Waals surface area contributed by atoms with Crippen LogP contribution in [0.5, 0.6) is 5.75 Å². The Balaban J connectivity index is 2.11. The first-order chi connectivity index (χ1) is 10.7. The predicted molar refractivity (Wildman–Crippen MR) is 85.4 cm³/mol. The van der Waals surface area contributed by atoms with Crippen LogP contribution in [0.3, 0.4) is 0 Å². The molecular weight excluding hydrogens is 278 g/mol. The first-order valence-electron chi connectivity index (χ1n) is 6.94. The Morgan fingerprint density at radius 3 is 2.55 bits per heavy atom. The third-order valence-corrected chi connectivity index (χ3v) is 2.79. The number of hydrogen-bond donors (Lipinski definition) is 1. The number of para-hydroxylation sites is 1. The van der Waals surface area contributed by atoms with Crippen LogP contribution in [0.1, 0.15) is 18.1 Å². The predicted octanol–water partition coefficient (Wildman–Crippen LogP) is 2.61. The molecule has 4 nitrogen and oxygen atoms in total. The summed E-state index contributed by atoms with van der Waals surface area (Å²) in [5.41, 5.74) is 7.90. The van der Waals surface area contributed by atoms with Crippen molar-refractivity contribution in [1.29, 1.82) is 0 Å². The van der Waals surface area contributed by atoms with E-state index < -0.39 is 5.97 Å². The Labute approximate surface area is 129 Å². The van der Waals surface area contributed by atoms with Gasteiger partial charge in [0.1, 0.15) is 5.75 Å². The molecule has 0 aliphatic carbocycles. The Kier molecular flexibility index (Phi) is 5.44. The fourth-order valence-electron chi connectivity index (χ4n) is 1.74. The average Bonchev–Trinajstić information content (AvgIpc) is 2.53. The van der Waals surface area contributed by atoms with Crippen LogP contribution in [0.2, 0.25) is 0 Å². The number of anilines is 1. The molecule has 0 bridgehead atoms. The van der Waals surface area contributed by atoms with Gasteiger partial charge in [-0.3, -0.25) is 0 Å². The van der Waals surface area contributed by atoms with Crippen molar-refractivity contribution in [2.75, 3.05) is 18.9 Å². The number of nitrogen functional groups attached to an aromatic ring is 1. The molecule has 22 heavy (non-hydrogen) atoms. The largest absolute Gasteiger partial charge is 0.481 e. The van der Waals surface area contributed by atoms with Gasteiger partial charge in [-0.05, 0) is 43.3 Å². The van der Waals surface area contributed by atoms with Crippen molar-refractivity contribution >= 4 is 11.7 Å². The molecule has 0 aliphatic heterocycles. The van der Waals surface area contributed by atoms with Gasteiger partial charge in [-0.25, -0.2) is 4.79 Å². The minimum atomic E-state index is -0.399. The molecule has 0 aromatic heterocycles. The molecule has 0 radical (unpaired) electrons.